The molecule has 0 spiro atoms. The Morgan fingerprint density at radius 1 is 1.50 bits per heavy atom. The summed E-state index contributed by atoms with van der Waals surface area (Å²) in [5.74, 6) is 0. The van der Waals surface area contributed by atoms with E-state index < -0.39 is 7.25 Å². The first-order valence-electron chi connectivity index (χ1n) is 1.34. The first-order valence-corrected chi connectivity index (χ1v) is 1.92. The normalized spacial score (nSPS) is 8.50. The molecule has 6 heteroatoms. The SMILES string of the molecule is OB(O)NNP. The molecule has 0 heterocycles. The summed E-state index contributed by atoms with van der Waals surface area (Å²) in [7, 11) is 0.559. The number of hydrogen-bond donors (Lipinski definition) is 4. The molecule has 1 unspecified atom stereocenters. The van der Waals surface area contributed by atoms with Gasteiger partial charge in [-0.25, -0.2) is 10.5 Å². The van der Waals surface area contributed by atoms with Gasteiger partial charge in [-0.1, -0.05) is 9.39 Å². The molecular weight excluding hydrogens is 102 g/mol. The number of rotatable bonds is 2. The van der Waals surface area contributed by atoms with Crippen LogP contribution in [-0.2, 0) is 0 Å². The Morgan fingerprint density at radius 2 is 2.00 bits per heavy atom. The van der Waals surface area contributed by atoms with Crippen LogP contribution in [0.15, 0.2) is 0 Å². The van der Waals surface area contributed by atoms with Gasteiger partial charge >= 0.3 is 7.25 Å². The maximum atomic E-state index is 7.92. The zero-order valence-corrected chi connectivity index (χ0v) is 4.20. The summed E-state index contributed by atoms with van der Waals surface area (Å²) in [6.07, 6.45) is 0. The van der Waals surface area contributed by atoms with E-state index >= 15 is 0 Å². The van der Waals surface area contributed by atoms with Crippen molar-refractivity contribution in [2.45, 2.75) is 0 Å². The van der Waals surface area contributed by atoms with E-state index in [1.54, 1.807) is 0 Å². The molecule has 4 N–H and O–H groups in total. The van der Waals surface area contributed by atoms with Gasteiger partial charge in [0.05, 0.1) is 0 Å². The molecule has 6 heavy (non-hydrogen) atoms. The third-order valence-corrected chi connectivity index (χ3v) is 0.379. The van der Waals surface area contributed by atoms with Gasteiger partial charge in [0.1, 0.15) is 0 Å². The molecule has 0 rings (SSSR count). The van der Waals surface area contributed by atoms with Crippen molar-refractivity contribution < 1.29 is 10.0 Å². The second-order valence-electron chi connectivity index (χ2n) is 0.662. The summed E-state index contributed by atoms with van der Waals surface area (Å²) in [5, 5.41) is 20.1. The summed E-state index contributed by atoms with van der Waals surface area (Å²) in [4.78, 5) is 0. The molecule has 0 bridgehead atoms. The second-order valence-corrected chi connectivity index (χ2v) is 0.951. The zero-order valence-electron chi connectivity index (χ0n) is 3.05. The van der Waals surface area contributed by atoms with E-state index in [9.17, 15) is 0 Å². The van der Waals surface area contributed by atoms with E-state index in [0.717, 1.165) is 0 Å². The largest absolute Gasteiger partial charge is 0.563 e. The average Bonchev–Trinajstić information content (AvgIpc) is 1.35. The van der Waals surface area contributed by atoms with E-state index in [1.165, 1.54) is 0 Å². The Bertz CT molecular complexity index is 32.7. The van der Waals surface area contributed by atoms with Gasteiger partial charge in [0.2, 0.25) is 0 Å². The Morgan fingerprint density at radius 3 is 2.00 bits per heavy atom. The van der Waals surface area contributed by atoms with Crippen molar-refractivity contribution in [3.8, 4) is 0 Å². The fraction of sp³-hybridized carbons (Fsp3) is 0. The highest BCUT2D eigenvalue weighted by molar-refractivity contribution is 7.13. The van der Waals surface area contributed by atoms with Gasteiger partial charge in [0.25, 0.3) is 0 Å². The molecule has 1 atom stereocenters. The van der Waals surface area contributed by atoms with Gasteiger partial charge in [-0.3, -0.25) is 0 Å². The minimum atomic E-state index is -1.48. The molecule has 0 aliphatic carbocycles. The van der Waals surface area contributed by atoms with Crippen molar-refractivity contribution in [1.29, 1.82) is 0 Å². The van der Waals surface area contributed by atoms with E-state index in [1.807, 2.05) is 14.7 Å². The molecule has 0 saturated carbocycles. The molecule has 0 aromatic heterocycles. The number of hydrogen-bond acceptors (Lipinski definition) is 4. The van der Waals surface area contributed by atoms with Crippen LogP contribution in [-0.4, -0.2) is 17.3 Å². The maximum Gasteiger partial charge on any atom is 0.563 e. The van der Waals surface area contributed by atoms with Crippen molar-refractivity contribution in [2.24, 2.45) is 0 Å². The smallest absolute Gasteiger partial charge is 0.412 e. The third-order valence-electron chi connectivity index (χ3n) is 0.212. The number of nitrogens with one attached hydrogen (secondary N) is 2. The molecule has 0 radical (unpaired) electrons. The Hall–Kier alpha value is 0.335. The van der Waals surface area contributed by atoms with Crippen molar-refractivity contribution in [3.05, 3.63) is 0 Å². The molecule has 0 aromatic carbocycles. The zero-order chi connectivity index (χ0) is 4.99. The summed E-state index contributed by atoms with van der Waals surface area (Å²) in [5.41, 5.74) is 0. The van der Waals surface area contributed by atoms with Crippen LogP contribution >= 0.6 is 9.39 Å². The van der Waals surface area contributed by atoms with Gasteiger partial charge in [0, 0.05) is 0 Å². The van der Waals surface area contributed by atoms with Crippen LogP contribution in [0.3, 0.4) is 0 Å². The van der Waals surface area contributed by atoms with Crippen molar-refractivity contribution in [1.82, 2.24) is 10.5 Å². The first kappa shape index (κ1) is 6.33. The summed E-state index contributed by atoms with van der Waals surface area (Å²) in [6, 6.07) is 0. The minimum Gasteiger partial charge on any atom is -0.412 e. The molecule has 0 aliphatic heterocycles. The first-order chi connectivity index (χ1) is 2.77. The standard InChI is InChI=1S/BH6N2O2P/c4-1(5)2-3-6/h2-5H,6H2. The second kappa shape index (κ2) is 3.52. The Labute approximate surface area is 38.3 Å². The minimum absolute atomic E-state index is 1.48. The lowest BCUT2D eigenvalue weighted by Crippen LogP contribution is -2.39. The van der Waals surface area contributed by atoms with Crippen LogP contribution in [0.2, 0.25) is 0 Å². The molecule has 0 aromatic rings. The number of hydrazine groups is 1. The van der Waals surface area contributed by atoms with Crippen molar-refractivity contribution in [3.63, 3.8) is 0 Å². The highest BCUT2D eigenvalue weighted by Gasteiger charge is 2.00. The quantitative estimate of drug-likeness (QED) is 0.185. The van der Waals surface area contributed by atoms with Crippen LogP contribution in [0.4, 0.5) is 0 Å². The summed E-state index contributed by atoms with van der Waals surface area (Å²) >= 11 is 0. The van der Waals surface area contributed by atoms with E-state index in [0.29, 0.717) is 0 Å². The van der Waals surface area contributed by atoms with Gasteiger partial charge in [0.15, 0.2) is 0 Å². The molecule has 36 valence electrons. The average molecular weight is 108 g/mol. The molecule has 4 nitrogen and oxygen atoms in total. The van der Waals surface area contributed by atoms with Gasteiger partial charge in [-0.15, -0.1) is 0 Å². The molecule has 0 saturated heterocycles. The Kier molecular flexibility index (Phi) is 3.72. The van der Waals surface area contributed by atoms with Gasteiger partial charge in [-0.05, 0) is 0 Å². The molecule has 0 aliphatic rings. The van der Waals surface area contributed by atoms with Crippen LogP contribution in [0.5, 0.6) is 0 Å². The van der Waals surface area contributed by atoms with Crippen LogP contribution < -0.4 is 10.5 Å². The Balaban J connectivity index is 2.63. The maximum absolute atomic E-state index is 7.92. The summed E-state index contributed by atoms with van der Waals surface area (Å²) < 4.78 is 0. The van der Waals surface area contributed by atoms with Crippen LogP contribution in [0, 0.1) is 0 Å². The predicted octanol–water partition coefficient (Wildman–Crippen LogP) is -2.16. The molecule has 0 amide bonds. The van der Waals surface area contributed by atoms with E-state index in [-0.39, 0.29) is 0 Å². The van der Waals surface area contributed by atoms with E-state index in [4.69, 9.17) is 10.0 Å². The van der Waals surface area contributed by atoms with Crippen molar-refractivity contribution in [2.75, 3.05) is 0 Å². The van der Waals surface area contributed by atoms with Crippen LogP contribution in [0.1, 0.15) is 0 Å². The van der Waals surface area contributed by atoms with Gasteiger partial charge in [-0.2, -0.15) is 0 Å². The lowest BCUT2D eigenvalue weighted by atomic mass is 10.2. The molecular formula is H6BN2O2P. The molecule has 0 fully saturated rings. The monoisotopic (exact) mass is 108 g/mol. The highest BCUT2D eigenvalue weighted by Crippen LogP contribution is 1.57. The van der Waals surface area contributed by atoms with E-state index in [2.05, 4.69) is 5.20 Å². The third kappa shape index (κ3) is 4.33. The lowest BCUT2D eigenvalue weighted by molar-refractivity contribution is 0.383. The van der Waals surface area contributed by atoms with Crippen LogP contribution in [0.25, 0.3) is 0 Å². The topological polar surface area (TPSA) is 64.5 Å². The lowest BCUT2D eigenvalue weighted by Gasteiger charge is -1.94. The predicted molar refractivity (Wildman–Crippen MR) is 26.2 cm³/mol. The highest BCUT2D eigenvalue weighted by atomic mass is 31.0. The fourth-order valence-corrected chi connectivity index (χ4v) is 0.224. The van der Waals surface area contributed by atoms with Gasteiger partial charge < -0.3 is 10.0 Å². The summed E-state index contributed by atoms with van der Waals surface area (Å²) in [6.45, 7) is 0. The fourth-order valence-electron chi connectivity index (χ4n) is 0.0745. The van der Waals surface area contributed by atoms with Crippen molar-refractivity contribution >= 4 is 16.6 Å².